The number of nitrogens with zero attached hydrogens (tertiary/aromatic N) is 1. The molecule has 0 aromatic heterocycles. The highest BCUT2D eigenvalue weighted by Gasteiger charge is 2.33. The Bertz CT molecular complexity index is 476. The molecule has 0 bridgehead atoms. The van der Waals surface area contributed by atoms with E-state index in [1.54, 1.807) is 12.0 Å². The number of methoxy groups -OCH3 is 1. The van der Waals surface area contributed by atoms with Crippen molar-refractivity contribution in [3.63, 3.8) is 0 Å². The molecule has 1 fully saturated rings. The van der Waals surface area contributed by atoms with Crippen molar-refractivity contribution in [2.45, 2.75) is 12.8 Å². The molecule has 1 heterocycles. The van der Waals surface area contributed by atoms with Gasteiger partial charge in [-0.2, -0.15) is 0 Å². The van der Waals surface area contributed by atoms with E-state index in [-0.39, 0.29) is 17.7 Å². The molecular weight excluding hydrogens is 268 g/mol. The average molecular weight is 290 g/mol. The number of amides is 2. The van der Waals surface area contributed by atoms with Crippen LogP contribution in [-0.2, 0) is 20.7 Å². The number of hydrogen-bond donors (Lipinski definition) is 1. The maximum atomic E-state index is 12.1. The van der Waals surface area contributed by atoms with E-state index >= 15 is 0 Å². The topological polar surface area (TPSA) is 58.6 Å². The molecule has 1 saturated heterocycles. The van der Waals surface area contributed by atoms with E-state index in [0.29, 0.717) is 32.7 Å². The predicted molar refractivity (Wildman–Crippen MR) is 79.7 cm³/mol. The second-order valence-corrected chi connectivity index (χ2v) is 5.26. The van der Waals surface area contributed by atoms with Crippen LogP contribution >= 0.6 is 0 Å². The van der Waals surface area contributed by atoms with Crippen LogP contribution in [0.2, 0.25) is 0 Å². The van der Waals surface area contributed by atoms with Crippen molar-refractivity contribution in [2.75, 3.05) is 33.4 Å². The summed E-state index contributed by atoms with van der Waals surface area (Å²) in [7, 11) is 1.61. The zero-order valence-corrected chi connectivity index (χ0v) is 12.4. The Morgan fingerprint density at radius 2 is 2.14 bits per heavy atom. The molecule has 1 aliphatic heterocycles. The summed E-state index contributed by atoms with van der Waals surface area (Å²) in [4.78, 5) is 25.6. The number of carbonyl (C=O) groups is 2. The minimum absolute atomic E-state index is 0.0285. The quantitative estimate of drug-likeness (QED) is 0.809. The lowest BCUT2D eigenvalue weighted by Gasteiger charge is -2.15. The van der Waals surface area contributed by atoms with E-state index in [0.717, 1.165) is 6.42 Å². The summed E-state index contributed by atoms with van der Waals surface area (Å²) in [6.07, 6.45) is 1.11. The fourth-order valence-electron chi connectivity index (χ4n) is 2.48. The summed E-state index contributed by atoms with van der Waals surface area (Å²) >= 11 is 0. The molecule has 1 aliphatic rings. The van der Waals surface area contributed by atoms with Gasteiger partial charge in [-0.25, -0.2) is 0 Å². The van der Waals surface area contributed by atoms with Gasteiger partial charge in [-0.15, -0.1) is 0 Å². The largest absolute Gasteiger partial charge is 0.383 e. The molecule has 1 atom stereocenters. The third kappa shape index (κ3) is 4.56. The molecular formula is C16H22N2O3. The standard InChI is InChI=1S/C16H22N2O3/c1-21-10-9-18-12-14(11-15(18)19)16(20)17-8-7-13-5-3-2-4-6-13/h2-6,14H,7-12H2,1H3,(H,17,20). The normalized spacial score (nSPS) is 18.0. The fourth-order valence-corrected chi connectivity index (χ4v) is 2.48. The monoisotopic (exact) mass is 290 g/mol. The molecule has 0 radical (unpaired) electrons. The zero-order valence-electron chi connectivity index (χ0n) is 12.4. The summed E-state index contributed by atoms with van der Waals surface area (Å²) in [6, 6.07) is 10.0. The SMILES string of the molecule is COCCN1CC(C(=O)NCCc2ccccc2)CC1=O. The summed E-state index contributed by atoms with van der Waals surface area (Å²) in [5.41, 5.74) is 1.20. The summed E-state index contributed by atoms with van der Waals surface area (Å²) < 4.78 is 4.97. The van der Waals surface area contributed by atoms with Crippen molar-refractivity contribution in [1.82, 2.24) is 10.2 Å². The van der Waals surface area contributed by atoms with Crippen LogP contribution in [-0.4, -0.2) is 50.1 Å². The van der Waals surface area contributed by atoms with Gasteiger partial charge in [0.05, 0.1) is 12.5 Å². The number of nitrogens with one attached hydrogen (secondary N) is 1. The van der Waals surface area contributed by atoms with Gasteiger partial charge in [0.25, 0.3) is 0 Å². The lowest BCUT2D eigenvalue weighted by atomic mass is 10.1. The molecule has 2 rings (SSSR count). The minimum Gasteiger partial charge on any atom is -0.383 e. The Labute approximate surface area is 125 Å². The van der Waals surface area contributed by atoms with Crippen LogP contribution in [0.3, 0.4) is 0 Å². The molecule has 5 heteroatoms. The molecule has 1 unspecified atom stereocenters. The van der Waals surface area contributed by atoms with E-state index in [4.69, 9.17) is 4.74 Å². The van der Waals surface area contributed by atoms with Crippen molar-refractivity contribution in [3.8, 4) is 0 Å². The number of benzene rings is 1. The molecule has 0 spiro atoms. The molecule has 5 nitrogen and oxygen atoms in total. The van der Waals surface area contributed by atoms with Gasteiger partial charge in [-0.3, -0.25) is 9.59 Å². The van der Waals surface area contributed by atoms with Crippen molar-refractivity contribution < 1.29 is 14.3 Å². The lowest BCUT2D eigenvalue weighted by Crippen LogP contribution is -2.34. The molecule has 0 saturated carbocycles. The Balaban J connectivity index is 1.73. The van der Waals surface area contributed by atoms with E-state index in [1.807, 2.05) is 30.3 Å². The first-order chi connectivity index (χ1) is 10.2. The van der Waals surface area contributed by atoms with Gasteiger partial charge in [-0.05, 0) is 12.0 Å². The zero-order chi connectivity index (χ0) is 15.1. The van der Waals surface area contributed by atoms with Crippen molar-refractivity contribution in [1.29, 1.82) is 0 Å². The first-order valence-corrected chi connectivity index (χ1v) is 7.29. The first-order valence-electron chi connectivity index (χ1n) is 7.29. The predicted octanol–water partition coefficient (Wildman–Crippen LogP) is 0.840. The van der Waals surface area contributed by atoms with Crippen LogP contribution in [0.4, 0.5) is 0 Å². The molecule has 1 aromatic carbocycles. The van der Waals surface area contributed by atoms with Gasteiger partial charge in [-0.1, -0.05) is 30.3 Å². The molecule has 0 aliphatic carbocycles. The maximum Gasteiger partial charge on any atom is 0.225 e. The van der Waals surface area contributed by atoms with E-state index in [2.05, 4.69) is 5.32 Å². The molecule has 114 valence electrons. The second-order valence-electron chi connectivity index (χ2n) is 5.26. The summed E-state index contributed by atoms with van der Waals surface area (Å²) in [6.45, 7) is 2.17. The van der Waals surface area contributed by atoms with Crippen LogP contribution in [0.5, 0.6) is 0 Å². The van der Waals surface area contributed by atoms with Crippen LogP contribution in [0.1, 0.15) is 12.0 Å². The Hall–Kier alpha value is -1.88. The maximum absolute atomic E-state index is 12.1. The fraction of sp³-hybridized carbons (Fsp3) is 0.500. The average Bonchev–Trinajstić information content (AvgIpc) is 2.87. The third-order valence-corrected chi connectivity index (χ3v) is 3.71. The summed E-state index contributed by atoms with van der Waals surface area (Å²) in [5.74, 6) is -0.223. The van der Waals surface area contributed by atoms with E-state index in [1.165, 1.54) is 5.56 Å². The molecule has 2 amide bonds. The second kappa shape index (κ2) is 7.78. The number of carbonyl (C=O) groups excluding carboxylic acids is 2. The van der Waals surface area contributed by atoms with Crippen LogP contribution < -0.4 is 5.32 Å². The highest BCUT2D eigenvalue weighted by molar-refractivity contribution is 5.89. The Kier molecular flexibility index (Phi) is 5.75. The Morgan fingerprint density at radius 3 is 2.86 bits per heavy atom. The smallest absolute Gasteiger partial charge is 0.225 e. The van der Waals surface area contributed by atoms with Gasteiger partial charge in [0.15, 0.2) is 0 Å². The minimum atomic E-state index is -0.231. The highest BCUT2D eigenvalue weighted by Crippen LogP contribution is 2.17. The van der Waals surface area contributed by atoms with Gasteiger partial charge in [0, 0.05) is 33.2 Å². The van der Waals surface area contributed by atoms with E-state index in [9.17, 15) is 9.59 Å². The number of likely N-dealkylation sites (tertiary alicyclic amines) is 1. The van der Waals surface area contributed by atoms with E-state index < -0.39 is 0 Å². The third-order valence-electron chi connectivity index (χ3n) is 3.71. The van der Waals surface area contributed by atoms with Crippen LogP contribution in [0, 0.1) is 5.92 Å². The number of ether oxygens (including phenoxy) is 1. The molecule has 21 heavy (non-hydrogen) atoms. The van der Waals surface area contributed by atoms with Gasteiger partial charge < -0.3 is 15.0 Å². The van der Waals surface area contributed by atoms with Crippen LogP contribution in [0.15, 0.2) is 30.3 Å². The Morgan fingerprint density at radius 1 is 1.38 bits per heavy atom. The highest BCUT2D eigenvalue weighted by atomic mass is 16.5. The number of rotatable bonds is 7. The molecule has 1 aromatic rings. The van der Waals surface area contributed by atoms with Gasteiger partial charge in [0.2, 0.25) is 11.8 Å². The van der Waals surface area contributed by atoms with Gasteiger partial charge >= 0.3 is 0 Å². The number of hydrogen-bond acceptors (Lipinski definition) is 3. The first kappa shape index (κ1) is 15.5. The van der Waals surface area contributed by atoms with Crippen molar-refractivity contribution in [2.24, 2.45) is 5.92 Å². The van der Waals surface area contributed by atoms with Gasteiger partial charge in [0.1, 0.15) is 0 Å². The lowest BCUT2D eigenvalue weighted by molar-refractivity contribution is -0.129. The summed E-state index contributed by atoms with van der Waals surface area (Å²) in [5, 5.41) is 2.92. The van der Waals surface area contributed by atoms with Crippen LogP contribution in [0.25, 0.3) is 0 Å². The van der Waals surface area contributed by atoms with Crippen molar-refractivity contribution >= 4 is 11.8 Å². The molecule has 1 N–H and O–H groups in total. The van der Waals surface area contributed by atoms with Crippen molar-refractivity contribution in [3.05, 3.63) is 35.9 Å².